The number of likely N-dealkylation sites (N-methyl/N-ethyl adjacent to an activating group) is 1. The zero-order valence-corrected chi connectivity index (χ0v) is 17.8. The first-order valence-electron chi connectivity index (χ1n) is 10.0. The minimum Gasteiger partial charge on any atom is -0.464 e. The second-order valence-electron chi connectivity index (χ2n) is 7.93. The molecule has 2 aliphatic heterocycles. The highest BCUT2D eigenvalue weighted by Crippen LogP contribution is 2.23. The predicted octanol–water partition coefficient (Wildman–Crippen LogP) is 0.920. The molecule has 0 unspecified atom stereocenters. The van der Waals surface area contributed by atoms with Crippen LogP contribution >= 0.6 is 0 Å². The van der Waals surface area contributed by atoms with Gasteiger partial charge in [-0.25, -0.2) is 0 Å². The standard InChI is InChI=1S/C20H28N4O4S/c1-16-3-4-18-17(15-28-19(18)13-16)14-20(25)22-7-11-24(12-8-22)29(26,27)23-9-5-21(2)6-10-23/h3-4,13,15H,5-12,14H2,1-2H3. The summed E-state index contributed by atoms with van der Waals surface area (Å²) >= 11 is 0. The largest absolute Gasteiger partial charge is 0.464 e. The van der Waals surface area contributed by atoms with Gasteiger partial charge in [0.1, 0.15) is 5.58 Å². The molecule has 1 amide bonds. The molecule has 1 aromatic heterocycles. The van der Waals surface area contributed by atoms with Gasteiger partial charge in [-0.05, 0) is 25.6 Å². The van der Waals surface area contributed by atoms with Crippen LogP contribution in [0.3, 0.4) is 0 Å². The maximum absolute atomic E-state index is 12.9. The van der Waals surface area contributed by atoms with Crippen LogP contribution in [-0.4, -0.2) is 92.1 Å². The first kappa shape index (κ1) is 20.3. The molecule has 0 N–H and O–H groups in total. The molecule has 2 aliphatic rings. The number of carbonyl (C=O) groups excluding carboxylic acids is 1. The summed E-state index contributed by atoms with van der Waals surface area (Å²) in [7, 11) is -1.45. The van der Waals surface area contributed by atoms with Gasteiger partial charge in [0.05, 0.1) is 12.7 Å². The van der Waals surface area contributed by atoms with Gasteiger partial charge in [0.15, 0.2) is 0 Å². The van der Waals surface area contributed by atoms with Gasteiger partial charge in [-0.1, -0.05) is 12.1 Å². The fraction of sp³-hybridized carbons (Fsp3) is 0.550. The molecular weight excluding hydrogens is 392 g/mol. The lowest BCUT2D eigenvalue weighted by molar-refractivity contribution is -0.131. The molecule has 0 atom stereocenters. The summed E-state index contributed by atoms with van der Waals surface area (Å²) < 4.78 is 34.4. The Balaban J connectivity index is 1.36. The molecule has 3 heterocycles. The second kappa shape index (κ2) is 8.06. The van der Waals surface area contributed by atoms with Crippen molar-refractivity contribution in [3.05, 3.63) is 35.6 Å². The molecule has 1 aromatic carbocycles. The Kier molecular flexibility index (Phi) is 5.65. The molecule has 0 saturated carbocycles. The summed E-state index contributed by atoms with van der Waals surface area (Å²) in [4.78, 5) is 16.7. The molecule has 2 fully saturated rings. The number of rotatable bonds is 4. The van der Waals surface area contributed by atoms with Crippen molar-refractivity contribution < 1.29 is 17.6 Å². The predicted molar refractivity (Wildman–Crippen MR) is 111 cm³/mol. The maximum Gasteiger partial charge on any atom is 0.282 e. The lowest BCUT2D eigenvalue weighted by Crippen LogP contribution is -2.57. The SMILES string of the molecule is Cc1ccc2c(CC(=O)N3CCN(S(=O)(=O)N4CCN(C)CC4)CC3)coc2c1. The van der Waals surface area contributed by atoms with Crippen molar-refractivity contribution in [2.24, 2.45) is 0 Å². The van der Waals surface area contributed by atoms with E-state index in [9.17, 15) is 13.2 Å². The summed E-state index contributed by atoms with van der Waals surface area (Å²) in [6, 6.07) is 5.95. The van der Waals surface area contributed by atoms with Crippen LogP contribution in [0.5, 0.6) is 0 Å². The summed E-state index contributed by atoms with van der Waals surface area (Å²) in [5.74, 6) is 0.00456. The van der Waals surface area contributed by atoms with Crippen LogP contribution in [0, 0.1) is 6.92 Å². The van der Waals surface area contributed by atoms with Crippen molar-refractivity contribution in [1.82, 2.24) is 18.4 Å². The van der Waals surface area contributed by atoms with Gasteiger partial charge in [-0.2, -0.15) is 17.0 Å². The van der Waals surface area contributed by atoms with Crippen LogP contribution in [-0.2, 0) is 21.4 Å². The third-order valence-corrected chi connectivity index (χ3v) is 7.89. The molecule has 2 saturated heterocycles. The number of hydrogen-bond donors (Lipinski definition) is 0. The molecule has 0 radical (unpaired) electrons. The molecule has 0 aliphatic carbocycles. The first-order valence-corrected chi connectivity index (χ1v) is 11.4. The van der Waals surface area contributed by atoms with E-state index in [1.54, 1.807) is 15.5 Å². The van der Waals surface area contributed by atoms with Gasteiger partial charge < -0.3 is 14.2 Å². The lowest BCUT2D eigenvalue weighted by Gasteiger charge is -2.39. The maximum atomic E-state index is 12.9. The van der Waals surface area contributed by atoms with Crippen molar-refractivity contribution in [2.45, 2.75) is 13.3 Å². The van der Waals surface area contributed by atoms with E-state index in [0.29, 0.717) is 39.3 Å². The number of aryl methyl sites for hydroxylation is 1. The van der Waals surface area contributed by atoms with Gasteiger partial charge in [0, 0.05) is 63.3 Å². The van der Waals surface area contributed by atoms with Crippen LogP contribution in [0.4, 0.5) is 0 Å². The molecule has 0 spiro atoms. The molecule has 0 bridgehead atoms. The molecule has 8 nitrogen and oxygen atoms in total. The lowest BCUT2D eigenvalue weighted by atomic mass is 10.1. The zero-order valence-electron chi connectivity index (χ0n) is 17.0. The molecule has 4 rings (SSSR count). The third kappa shape index (κ3) is 4.18. The Bertz CT molecular complexity index is 987. The Morgan fingerprint density at radius 2 is 1.62 bits per heavy atom. The van der Waals surface area contributed by atoms with E-state index >= 15 is 0 Å². The average molecular weight is 421 g/mol. The van der Waals surface area contributed by atoms with E-state index in [4.69, 9.17) is 4.42 Å². The number of fused-ring (bicyclic) bond motifs is 1. The van der Waals surface area contributed by atoms with Gasteiger partial charge in [-0.3, -0.25) is 4.79 Å². The van der Waals surface area contributed by atoms with Gasteiger partial charge >= 0.3 is 0 Å². The number of carbonyl (C=O) groups is 1. The smallest absolute Gasteiger partial charge is 0.282 e. The fourth-order valence-electron chi connectivity index (χ4n) is 3.95. The average Bonchev–Trinajstić information content (AvgIpc) is 3.10. The Morgan fingerprint density at radius 3 is 2.28 bits per heavy atom. The van der Waals surface area contributed by atoms with Crippen LogP contribution < -0.4 is 0 Å². The van der Waals surface area contributed by atoms with Crippen molar-refractivity contribution in [3.63, 3.8) is 0 Å². The Morgan fingerprint density at radius 1 is 1.00 bits per heavy atom. The zero-order chi connectivity index (χ0) is 20.6. The summed E-state index contributed by atoms with van der Waals surface area (Å²) in [6.07, 6.45) is 1.91. The number of benzene rings is 1. The van der Waals surface area contributed by atoms with E-state index in [0.717, 1.165) is 35.2 Å². The first-order chi connectivity index (χ1) is 13.8. The summed E-state index contributed by atoms with van der Waals surface area (Å²) in [5.41, 5.74) is 2.77. The summed E-state index contributed by atoms with van der Waals surface area (Å²) in [6.45, 7) is 6.04. The normalized spacial score (nSPS) is 20.4. The quantitative estimate of drug-likeness (QED) is 0.735. The van der Waals surface area contributed by atoms with E-state index in [-0.39, 0.29) is 12.3 Å². The molecule has 158 valence electrons. The molecular formula is C20H28N4O4S. The fourth-order valence-corrected chi connectivity index (χ4v) is 5.53. The monoisotopic (exact) mass is 420 g/mol. The highest BCUT2D eigenvalue weighted by molar-refractivity contribution is 7.86. The van der Waals surface area contributed by atoms with Crippen LogP contribution in [0.1, 0.15) is 11.1 Å². The van der Waals surface area contributed by atoms with E-state index in [2.05, 4.69) is 4.90 Å². The van der Waals surface area contributed by atoms with E-state index < -0.39 is 10.2 Å². The molecule has 9 heteroatoms. The van der Waals surface area contributed by atoms with Crippen molar-refractivity contribution in [2.75, 3.05) is 59.4 Å². The Hall–Kier alpha value is -1.94. The van der Waals surface area contributed by atoms with Gasteiger partial charge in [0.2, 0.25) is 5.91 Å². The minimum atomic E-state index is -3.45. The van der Waals surface area contributed by atoms with Crippen LogP contribution in [0.25, 0.3) is 11.0 Å². The van der Waals surface area contributed by atoms with Crippen molar-refractivity contribution in [3.8, 4) is 0 Å². The molecule has 29 heavy (non-hydrogen) atoms. The number of hydrogen-bond acceptors (Lipinski definition) is 5. The third-order valence-electron chi connectivity index (χ3n) is 5.86. The molecule has 2 aromatic rings. The highest BCUT2D eigenvalue weighted by Gasteiger charge is 2.34. The van der Waals surface area contributed by atoms with Crippen LogP contribution in [0.15, 0.2) is 28.9 Å². The van der Waals surface area contributed by atoms with E-state index in [1.165, 1.54) is 4.31 Å². The minimum absolute atomic E-state index is 0.00456. The number of amides is 1. The highest BCUT2D eigenvalue weighted by atomic mass is 32.2. The van der Waals surface area contributed by atoms with Gasteiger partial charge in [-0.15, -0.1) is 0 Å². The van der Waals surface area contributed by atoms with Crippen LogP contribution in [0.2, 0.25) is 0 Å². The second-order valence-corrected chi connectivity index (χ2v) is 9.86. The topological polar surface area (TPSA) is 77.3 Å². The van der Waals surface area contributed by atoms with Crippen molar-refractivity contribution in [1.29, 1.82) is 0 Å². The number of piperazine rings is 2. The Labute approximate surface area is 171 Å². The summed E-state index contributed by atoms with van der Waals surface area (Å²) in [5, 5.41) is 0.959. The number of furan rings is 1. The number of nitrogens with zero attached hydrogens (tertiary/aromatic N) is 4. The van der Waals surface area contributed by atoms with Crippen molar-refractivity contribution >= 4 is 27.1 Å². The van der Waals surface area contributed by atoms with E-state index in [1.807, 2.05) is 32.2 Å². The van der Waals surface area contributed by atoms with Gasteiger partial charge in [0.25, 0.3) is 10.2 Å².